The number of rotatable bonds is 7. The molecule has 29 heavy (non-hydrogen) atoms. The molecule has 0 bridgehead atoms. The minimum atomic E-state index is -3.72. The van der Waals surface area contributed by atoms with Crippen LogP contribution in [0.2, 0.25) is 0 Å². The highest BCUT2D eigenvalue weighted by Gasteiger charge is 2.21. The molecule has 0 atom stereocenters. The predicted octanol–water partition coefficient (Wildman–Crippen LogP) is 1.78. The molecule has 3 rings (SSSR count). The van der Waals surface area contributed by atoms with E-state index in [1.165, 1.54) is 0 Å². The van der Waals surface area contributed by atoms with Gasteiger partial charge in [0, 0.05) is 38.2 Å². The number of hydrogen-bond acceptors (Lipinski definition) is 7. The molecular weight excluding hydrogens is 388 g/mol. The van der Waals surface area contributed by atoms with Crippen LogP contribution >= 0.6 is 0 Å². The molecule has 0 radical (unpaired) electrons. The molecule has 0 spiro atoms. The summed E-state index contributed by atoms with van der Waals surface area (Å²) in [6, 6.07) is 7.09. The second-order valence-electron chi connectivity index (χ2n) is 8.00. The SMILES string of the molecule is CC(C)c1nc(NCCN(C)C)cc(N2CCc3ccc(S(N)(=O)=O)cc3C2)n1. The summed E-state index contributed by atoms with van der Waals surface area (Å²) in [5.41, 5.74) is 2.12. The van der Waals surface area contributed by atoms with E-state index in [4.69, 9.17) is 10.1 Å². The topological polar surface area (TPSA) is 104 Å². The van der Waals surface area contributed by atoms with Crippen molar-refractivity contribution in [3.63, 3.8) is 0 Å². The molecule has 2 aromatic rings. The lowest BCUT2D eigenvalue weighted by Crippen LogP contribution is -2.32. The number of anilines is 2. The number of fused-ring (bicyclic) bond motifs is 1. The summed E-state index contributed by atoms with van der Waals surface area (Å²) in [5.74, 6) is 2.65. The normalized spacial score (nSPS) is 14.4. The molecule has 3 N–H and O–H groups in total. The number of nitrogens with one attached hydrogen (secondary N) is 1. The van der Waals surface area contributed by atoms with Crippen LogP contribution in [0.1, 0.15) is 36.7 Å². The predicted molar refractivity (Wildman–Crippen MR) is 116 cm³/mol. The summed E-state index contributed by atoms with van der Waals surface area (Å²) < 4.78 is 23.4. The Morgan fingerprint density at radius 2 is 1.97 bits per heavy atom. The van der Waals surface area contributed by atoms with Crippen molar-refractivity contribution in [1.29, 1.82) is 0 Å². The number of aromatic nitrogens is 2. The van der Waals surface area contributed by atoms with E-state index in [1.807, 2.05) is 26.2 Å². The maximum Gasteiger partial charge on any atom is 0.238 e. The summed E-state index contributed by atoms with van der Waals surface area (Å²) in [7, 11) is 0.352. The summed E-state index contributed by atoms with van der Waals surface area (Å²) in [5, 5.41) is 8.69. The van der Waals surface area contributed by atoms with E-state index in [-0.39, 0.29) is 10.8 Å². The fraction of sp³-hybridized carbons (Fsp3) is 0.500. The third kappa shape index (κ3) is 5.43. The highest BCUT2D eigenvalue weighted by molar-refractivity contribution is 7.89. The molecule has 0 saturated heterocycles. The first-order chi connectivity index (χ1) is 13.6. The van der Waals surface area contributed by atoms with Gasteiger partial charge in [-0.1, -0.05) is 19.9 Å². The molecule has 9 heteroatoms. The Bertz CT molecular complexity index is 975. The van der Waals surface area contributed by atoms with Crippen LogP contribution in [0.25, 0.3) is 0 Å². The third-order valence-electron chi connectivity index (χ3n) is 4.95. The van der Waals surface area contributed by atoms with E-state index in [9.17, 15) is 8.42 Å². The van der Waals surface area contributed by atoms with Crippen LogP contribution in [-0.4, -0.2) is 57.0 Å². The second kappa shape index (κ2) is 8.64. The van der Waals surface area contributed by atoms with Crippen molar-refractivity contribution in [2.45, 2.75) is 37.6 Å². The van der Waals surface area contributed by atoms with E-state index in [2.05, 4.69) is 33.9 Å². The van der Waals surface area contributed by atoms with Gasteiger partial charge in [0.1, 0.15) is 17.5 Å². The van der Waals surface area contributed by atoms with Crippen molar-refractivity contribution < 1.29 is 8.42 Å². The number of primary sulfonamides is 1. The van der Waals surface area contributed by atoms with Gasteiger partial charge in [-0.15, -0.1) is 0 Å². The lowest BCUT2D eigenvalue weighted by atomic mass is 10.00. The van der Waals surface area contributed by atoms with E-state index < -0.39 is 10.0 Å². The molecular formula is C20H30N6O2S. The Balaban J connectivity index is 1.87. The molecule has 158 valence electrons. The summed E-state index contributed by atoms with van der Waals surface area (Å²) >= 11 is 0. The maximum absolute atomic E-state index is 11.7. The molecule has 1 aromatic heterocycles. The minimum Gasteiger partial charge on any atom is -0.369 e. The van der Waals surface area contributed by atoms with E-state index in [1.54, 1.807) is 12.1 Å². The fourth-order valence-electron chi connectivity index (χ4n) is 3.28. The number of benzene rings is 1. The van der Waals surface area contributed by atoms with Crippen LogP contribution in [-0.2, 0) is 23.0 Å². The van der Waals surface area contributed by atoms with Crippen molar-refractivity contribution in [2.24, 2.45) is 5.14 Å². The molecule has 0 saturated carbocycles. The number of nitrogens with zero attached hydrogens (tertiary/aromatic N) is 4. The highest BCUT2D eigenvalue weighted by Crippen LogP contribution is 2.27. The quantitative estimate of drug-likeness (QED) is 0.706. The zero-order valence-corrected chi connectivity index (χ0v) is 18.3. The molecule has 0 unspecified atom stereocenters. The van der Waals surface area contributed by atoms with Crippen molar-refractivity contribution in [3.05, 3.63) is 41.2 Å². The van der Waals surface area contributed by atoms with Gasteiger partial charge in [0.15, 0.2) is 0 Å². The van der Waals surface area contributed by atoms with Crippen LogP contribution in [0.5, 0.6) is 0 Å². The highest BCUT2D eigenvalue weighted by atomic mass is 32.2. The van der Waals surface area contributed by atoms with Crippen molar-refractivity contribution in [3.8, 4) is 0 Å². The third-order valence-corrected chi connectivity index (χ3v) is 5.86. The van der Waals surface area contributed by atoms with Crippen LogP contribution in [0.3, 0.4) is 0 Å². The van der Waals surface area contributed by atoms with Gasteiger partial charge >= 0.3 is 0 Å². The van der Waals surface area contributed by atoms with Crippen molar-refractivity contribution in [1.82, 2.24) is 14.9 Å². The molecule has 1 aromatic carbocycles. The van der Waals surface area contributed by atoms with Gasteiger partial charge in [-0.05, 0) is 43.8 Å². The molecule has 0 fully saturated rings. The number of likely N-dealkylation sites (N-methyl/N-ethyl adjacent to an activating group) is 1. The number of hydrogen-bond donors (Lipinski definition) is 2. The van der Waals surface area contributed by atoms with Crippen LogP contribution in [0.15, 0.2) is 29.2 Å². The Labute approximate surface area is 173 Å². The Hall–Kier alpha value is -2.23. The average Bonchev–Trinajstić information content (AvgIpc) is 2.66. The van der Waals surface area contributed by atoms with Gasteiger partial charge in [0.25, 0.3) is 0 Å². The smallest absolute Gasteiger partial charge is 0.238 e. The van der Waals surface area contributed by atoms with E-state index >= 15 is 0 Å². The Morgan fingerprint density at radius 1 is 1.21 bits per heavy atom. The first-order valence-electron chi connectivity index (χ1n) is 9.80. The van der Waals surface area contributed by atoms with Crippen molar-refractivity contribution in [2.75, 3.05) is 43.9 Å². The summed E-state index contributed by atoms with van der Waals surface area (Å²) in [6.45, 7) is 7.25. The second-order valence-corrected chi connectivity index (χ2v) is 9.56. The van der Waals surface area contributed by atoms with Gasteiger partial charge in [0.2, 0.25) is 10.0 Å². The van der Waals surface area contributed by atoms with Gasteiger partial charge in [0.05, 0.1) is 4.90 Å². The Morgan fingerprint density at radius 3 is 2.62 bits per heavy atom. The molecule has 1 aliphatic rings. The minimum absolute atomic E-state index is 0.148. The van der Waals surface area contributed by atoms with Crippen LogP contribution in [0.4, 0.5) is 11.6 Å². The Kier molecular flexibility index (Phi) is 6.40. The monoisotopic (exact) mass is 418 g/mol. The van der Waals surface area contributed by atoms with E-state index in [0.717, 1.165) is 54.6 Å². The molecule has 0 aliphatic carbocycles. The number of nitrogens with two attached hydrogens (primary N) is 1. The number of sulfonamides is 1. The van der Waals surface area contributed by atoms with Gasteiger partial charge in [-0.25, -0.2) is 23.5 Å². The van der Waals surface area contributed by atoms with Gasteiger partial charge in [-0.2, -0.15) is 0 Å². The summed E-state index contributed by atoms with van der Waals surface area (Å²) in [6.07, 6.45) is 0.824. The van der Waals surface area contributed by atoms with Gasteiger partial charge in [-0.3, -0.25) is 0 Å². The van der Waals surface area contributed by atoms with Crippen LogP contribution in [0, 0.1) is 0 Å². The van der Waals surface area contributed by atoms with Gasteiger partial charge < -0.3 is 15.1 Å². The largest absolute Gasteiger partial charge is 0.369 e. The summed E-state index contributed by atoms with van der Waals surface area (Å²) in [4.78, 5) is 13.8. The molecule has 8 nitrogen and oxygen atoms in total. The lowest BCUT2D eigenvalue weighted by Gasteiger charge is -2.30. The van der Waals surface area contributed by atoms with Crippen molar-refractivity contribution >= 4 is 21.7 Å². The zero-order valence-electron chi connectivity index (χ0n) is 17.5. The molecule has 0 amide bonds. The molecule has 1 aliphatic heterocycles. The first kappa shape index (κ1) is 21.5. The maximum atomic E-state index is 11.7. The van der Waals surface area contributed by atoms with Crippen LogP contribution < -0.4 is 15.4 Å². The zero-order chi connectivity index (χ0) is 21.2. The average molecular weight is 419 g/mol. The fourth-order valence-corrected chi connectivity index (χ4v) is 3.84. The molecule has 2 heterocycles. The standard InChI is InChI=1S/C20H30N6O2S/c1-14(2)20-23-18(22-8-10-25(3)4)12-19(24-20)26-9-7-15-5-6-17(29(21,27)28)11-16(15)13-26/h5-6,11-12,14H,7-10,13H2,1-4H3,(H2,21,27,28)(H,22,23,24). The van der Waals surface area contributed by atoms with E-state index in [0.29, 0.717) is 6.54 Å². The first-order valence-corrected chi connectivity index (χ1v) is 11.4. The lowest BCUT2D eigenvalue weighted by molar-refractivity contribution is 0.425.